The minimum absolute atomic E-state index is 0.0815. The number of carboxylic acid groups (broad SMARTS) is 1. The number of carbonyl (C=O) groups is 1. The quantitative estimate of drug-likeness (QED) is 0.855. The molecule has 0 aromatic heterocycles. The summed E-state index contributed by atoms with van der Waals surface area (Å²) in [6.45, 7) is 7.71. The lowest BCUT2D eigenvalue weighted by Crippen LogP contribution is -2.29. The molecule has 1 atom stereocenters. The minimum Gasteiger partial charge on any atom is -0.479 e. The Balaban J connectivity index is 2.82. The van der Waals surface area contributed by atoms with Crippen LogP contribution in [0.5, 0.6) is 0 Å². The fourth-order valence-electron chi connectivity index (χ4n) is 1.92. The Labute approximate surface area is 102 Å². The van der Waals surface area contributed by atoms with Crippen LogP contribution in [0.4, 0.5) is 0 Å². The highest BCUT2D eigenvalue weighted by molar-refractivity contribution is 5.72. The molecular formula is C14H20O3. The normalized spacial score (nSPS) is 12.8. The van der Waals surface area contributed by atoms with Gasteiger partial charge in [0.15, 0.2) is 6.10 Å². The van der Waals surface area contributed by atoms with Crippen molar-refractivity contribution >= 4 is 5.97 Å². The molecule has 0 fully saturated rings. The molecule has 0 saturated carbocycles. The van der Waals surface area contributed by atoms with E-state index in [-0.39, 0.29) is 6.10 Å². The summed E-state index contributed by atoms with van der Waals surface area (Å²) in [6.07, 6.45) is -0.436. The van der Waals surface area contributed by atoms with Crippen molar-refractivity contribution in [2.45, 2.75) is 46.3 Å². The van der Waals surface area contributed by atoms with Crippen molar-refractivity contribution < 1.29 is 14.6 Å². The van der Waals surface area contributed by atoms with E-state index in [4.69, 9.17) is 9.84 Å². The molecule has 1 rings (SSSR count). The standard InChI is InChI=1S/C14H20O3/c1-9(2)17-13(14(15)16)8-12-6-10(3)5-11(4)7-12/h5-7,9,13H,8H2,1-4H3,(H,15,16). The first-order chi connectivity index (χ1) is 7.88. The molecule has 3 nitrogen and oxygen atoms in total. The Bertz CT molecular complexity index is 376. The van der Waals surface area contributed by atoms with Gasteiger partial charge in [-0.3, -0.25) is 0 Å². The zero-order chi connectivity index (χ0) is 13.0. The molecule has 17 heavy (non-hydrogen) atoms. The molecule has 0 bridgehead atoms. The van der Waals surface area contributed by atoms with E-state index < -0.39 is 12.1 Å². The maximum Gasteiger partial charge on any atom is 0.333 e. The largest absolute Gasteiger partial charge is 0.479 e. The molecular weight excluding hydrogens is 216 g/mol. The highest BCUT2D eigenvalue weighted by Gasteiger charge is 2.20. The summed E-state index contributed by atoms with van der Waals surface area (Å²) < 4.78 is 5.40. The van der Waals surface area contributed by atoms with Gasteiger partial charge in [-0.1, -0.05) is 29.3 Å². The summed E-state index contributed by atoms with van der Waals surface area (Å²) in [5.74, 6) is -0.905. The molecule has 0 saturated heterocycles. The van der Waals surface area contributed by atoms with E-state index in [1.807, 2.05) is 39.8 Å². The molecule has 0 radical (unpaired) electrons. The third kappa shape index (κ3) is 4.57. The van der Waals surface area contributed by atoms with E-state index in [1.54, 1.807) is 0 Å². The Morgan fingerprint density at radius 1 is 1.24 bits per heavy atom. The van der Waals surface area contributed by atoms with E-state index >= 15 is 0 Å². The van der Waals surface area contributed by atoms with E-state index in [0.29, 0.717) is 6.42 Å². The Kier molecular flexibility index (Phi) is 4.70. The van der Waals surface area contributed by atoms with Crippen LogP contribution in [-0.2, 0) is 16.0 Å². The number of rotatable bonds is 5. The predicted molar refractivity (Wildman–Crippen MR) is 67.3 cm³/mol. The van der Waals surface area contributed by atoms with Gasteiger partial charge in [-0.25, -0.2) is 4.79 Å². The highest BCUT2D eigenvalue weighted by Crippen LogP contribution is 2.13. The van der Waals surface area contributed by atoms with Crippen LogP contribution >= 0.6 is 0 Å². The zero-order valence-corrected chi connectivity index (χ0v) is 10.9. The summed E-state index contributed by atoms with van der Waals surface area (Å²) in [4.78, 5) is 11.1. The fourth-order valence-corrected chi connectivity index (χ4v) is 1.92. The molecule has 94 valence electrons. The van der Waals surface area contributed by atoms with E-state index in [9.17, 15) is 4.79 Å². The molecule has 0 amide bonds. The molecule has 1 aromatic carbocycles. The lowest BCUT2D eigenvalue weighted by atomic mass is 10.0. The average Bonchev–Trinajstić information content (AvgIpc) is 2.13. The minimum atomic E-state index is -0.905. The van der Waals surface area contributed by atoms with Gasteiger partial charge >= 0.3 is 5.97 Å². The smallest absolute Gasteiger partial charge is 0.333 e. The number of aryl methyl sites for hydroxylation is 2. The molecule has 3 heteroatoms. The van der Waals surface area contributed by atoms with E-state index in [2.05, 4.69) is 6.07 Å². The molecule has 0 heterocycles. The van der Waals surface area contributed by atoms with Gasteiger partial charge in [0.25, 0.3) is 0 Å². The lowest BCUT2D eigenvalue weighted by molar-refractivity contribution is -0.153. The second-order valence-corrected chi connectivity index (χ2v) is 4.71. The van der Waals surface area contributed by atoms with Crippen molar-refractivity contribution in [2.75, 3.05) is 0 Å². The van der Waals surface area contributed by atoms with Crippen LogP contribution in [0.25, 0.3) is 0 Å². The third-order valence-corrected chi connectivity index (χ3v) is 2.41. The number of hydrogen-bond acceptors (Lipinski definition) is 2. The van der Waals surface area contributed by atoms with Gasteiger partial charge in [-0.2, -0.15) is 0 Å². The highest BCUT2D eigenvalue weighted by atomic mass is 16.5. The number of aliphatic carboxylic acids is 1. The van der Waals surface area contributed by atoms with Gasteiger partial charge in [0.05, 0.1) is 6.10 Å². The molecule has 0 aliphatic heterocycles. The Morgan fingerprint density at radius 2 is 1.76 bits per heavy atom. The molecule has 0 aliphatic rings. The van der Waals surface area contributed by atoms with Crippen molar-refractivity contribution in [1.82, 2.24) is 0 Å². The van der Waals surface area contributed by atoms with Crippen LogP contribution in [0.15, 0.2) is 18.2 Å². The van der Waals surface area contributed by atoms with Crippen LogP contribution in [0, 0.1) is 13.8 Å². The van der Waals surface area contributed by atoms with Gasteiger partial charge in [0.1, 0.15) is 0 Å². The number of carboxylic acids is 1. The lowest BCUT2D eigenvalue weighted by Gasteiger charge is -2.17. The predicted octanol–water partition coefficient (Wildman–Crippen LogP) is 2.72. The monoisotopic (exact) mass is 236 g/mol. The van der Waals surface area contributed by atoms with Crippen LogP contribution in [0.3, 0.4) is 0 Å². The van der Waals surface area contributed by atoms with Crippen molar-refractivity contribution in [3.05, 3.63) is 34.9 Å². The molecule has 0 spiro atoms. The van der Waals surface area contributed by atoms with E-state index in [1.165, 1.54) is 0 Å². The Morgan fingerprint density at radius 3 is 2.18 bits per heavy atom. The topological polar surface area (TPSA) is 46.5 Å². The average molecular weight is 236 g/mol. The third-order valence-electron chi connectivity index (χ3n) is 2.41. The second-order valence-electron chi connectivity index (χ2n) is 4.71. The van der Waals surface area contributed by atoms with Crippen LogP contribution in [0.2, 0.25) is 0 Å². The maximum atomic E-state index is 11.1. The van der Waals surface area contributed by atoms with E-state index in [0.717, 1.165) is 16.7 Å². The first-order valence-electron chi connectivity index (χ1n) is 5.84. The van der Waals surface area contributed by atoms with Crippen LogP contribution in [0.1, 0.15) is 30.5 Å². The summed E-state index contributed by atoms with van der Waals surface area (Å²) in [5.41, 5.74) is 3.30. The SMILES string of the molecule is Cc1cc(C)cc(CC(OC(C)C)C(=O)O)c1. The van der Waals surface area contributed by atoms with Crippen LogP contribution < -0.4 is 0 Å². The summed E-state index contributed by atoms with van der Waals surface area (Å²) in [7, 11) is 0. The van der Waals surface area contributed by atoms with Crippen molar-refractivity contribution in [2.24, 2.45) is 0 Å². The van der Waals surface area contributed by atoms with Crippen LogP contribution in [-0.4, -0.2) is 23.3 Å². The van der Waals surface area contributed by atoms with Gasteiger partial charge in [-0.15, -0.1) is 0 Å². The van der Waals surface area contributed by atoms with Crippen molar-refractivity contribution in [3.8, 4) is 0 Å². The van der Waals surface area contributed by atoms with Crippen molar-refractivity contribution in [1.29, 1.82) is 0 Å². The van der Waals surface area contributed by atoms with Gasteiger partial charge in [-0.05, 0) is 33.3 Å². The maximum absolute atomic E-state index is 11.1. The van der Waals surface area contributed by atoms with Gasteiger partial charge < -0.3 is 9.84 Å². The van der Waals surface area contributed by atoms with Gasteiger partial charge in [0.2, 0.25) is 0 Å². The molecule has 0 aliphatic carbocycles. The zero-order valence-electron chi connectivity index (χ0n) is 10.9. The fraction of sp³-hybridized carbons (Fsp3) is 0.500. The first-order valence-corrected chi connectivity index (χ1v) is 5.84. The second kappa shape index (κ2) is 5.82. The number of benzene rings is 1. The number of ether oxygens (including phenoxy) is 1. The summed E-state index contributed by atoms with van der Waals surface area (Å²) in [5, 5.41) is 9.10. The number of hydrogen-bond donors (Lipinski definition) is 1. The molecule has 1 N–H and O–H groups in total. The summed E-state index contributed by atoms with van der Waals surface area (Å²) in [6, 6.07) is 6.09. The van der Waals surface area contributed by atoms with Crippen molar-refractivity contribution in [3.63, 3.8) is 0 Å². The van der Waals surface area contributed by atoms with Gasteiger partial charge in [0, 0.05) is 6.42 Å². The summed E-state index contributed by atoms with van der Waals surface area (Å²) >= 11 is 0. The first kappa shape index (κ1) is 13.7. The molecule has 1 unspecified atom stereocenters. The molecule has 1 aromatic rings. The Hall–Kier alpha value is -1.35.